The second-order valence-corrected chi connectivity index (χ2v) is 6.47. The van der Waals surface area contributed by atoms with E-state index in [1.54, 1.807) is 7.11 Å². The Balaban J connectivity index is 2.16. The first-order valence-corrected chi connectivity index (χ1v) is 8.04. The van der Waals surface area contributed by atoms with Crippen LogP contribution in [0, 0.1) is 11.8 Å². The molecule has 0 spiro atoms. The Morgan fingerprint density at radius 2 is 2.21 bits per heavy atom. The minimum atomic E-state index is 0.110. The van der Waals surface area contributed by atoms with Crippen molar-refractivity contribution in [3.63, 3.8) is 0 Å². The van der Waals surface area contributed by atoms with Gasteiger partial charge in [0, 0.05) is 10.5 Å². The summed E-state index contributed by atoms with van der Waals surface area (Å²) < 4.78 is 6.41. The fraction of sp³-hybridized carbons (Fsp3) is 0.625. The van der Waals surface area contributed by atoms with Crippen LogP contribution in [0.3, 0.4) is 0 Å². The summed E-state index contributed by atoms with van der Waals surface area (Å²) in [6, 6.07) is 6.19. The van der Waals surface area contributed by atoms with Crippen molar-refractivity contribution in [2.75, 3.05) is 7.11 Å². The quantitative estimate of drug-likeness (QED) is 0.872. The summed E-state index contributed by atoms with van der Waals surface area (Å²) in [5.74, 6) is 2.34. The fourth-order valence-corrected chi connectivity index (χ4v) is 3.70. The highest BCUT2D eigenvalue weighted by atomic mass is 79.9. The number of benzene rings is 1. The van der Waals surface area contributed by atoms with Crippen molar-refractivity contribution in [1.82, 2.24) is 0 Å². The molecule has 0 saturated heterocycles. The van der Waals surface area contributed by atoms with Gasteiger partial charge in [-0.05, 0) is 48.4 Å². The molecule has 2 rings (SSSR count). The molecule has 19 heavy (non-hydrogen) atoms. The topological polar surface area (TPSA) is 35.2 Å². The fourth-order valence-electron chi connectivity index (χ4n) is 3.19. The van der Waals surface area contributed by atoms with Gasteiger partial charge in [0.05, 0.1) is 7.11 Å². The third-order valence-electron chi connectivity index (χ3n) is 4.47. The lowest BCUT2D eigenvalue weighted by Crippen LogP contribution is -2.27. The molecule has 0 radical (unpaired) electrons. The highest BCUT2D eigenvalue weighted by molar-refractivity contribution is 9.10. The Hall–Kier alpha value is -0.540. The molecular formula is C16H24BrNO. The summed E-state index contributed by atoms with van der Waals surface area (Å²) in [7, 11) is 1.70. The molecule has 2 N–H and O–H groups in total. The zero-order chi connectivity index (χ0) is 13.8. The van der Waals surface area contributed by atoms with Crippen LogP contribution in [0.2, 0.25) is 0 Å². The van der Waals surface area contributed by atoms with E-state index in [1.165, 1.54) is 37.7 Å². The minimum Gasteiger partial charge on any atom is -0.497 e. The maximum absolute atomic E-state index is 6.53. The van der Waals surface area contributed by atoms with Gasteiger partial charge >= 0.3 is 0 Å². The van der Waals surface area contributed by atoms with Crippen LogP contribution in [0.1, 0.15) is 50.6 Å². The normalized spacial score (nSPS) is 25.1. The summed E-state index contributed by atoms with van der Waals surface area (Å²) in [6.45, 7) is 2.29. The number of methoxy groups -OCH3 is 1. The summed E-state index contributed by atoms with van der Waals surface area (Å²) in [6.07, 6.45) is 6.49. The molecule has 3 atom stereocenters. The smallest absolute Gasteiger partial charge is 0.119 e. The van der Waals surface area contributed by atoms with Crippen molar-refractivity contribution >= 4 is 15.9 Å². The Bertz CT molecular complexity index is 421. The molecule has 1 saturated carbocycles. The Morgan fingerprint density at radius 1 is 1.42 bits per heavy atom. The first-order chi connectivity index (χ1) is 9.15. The molecule has 0 aliphatic heterocycles. The Labute approximate surface area is 124 Å². The van der Waals surface area contributed by atoms with Gasteiger partial charge < -0.3 is 10.5 Å². The molecule has 0 bridgehead atoms. The van der Waals surface area contributed by atoms with E-state index in [9.17, 15) is 0 Å². The van der Waals surface area contributed by atoms with Gasteiger partial charge in [0.15, 0.2) is 0 Å². The average Bonchev–Trinajstić information content (AvgIpc) is 2.47. The molecule has 3 unspecified atom stereocenters. The molecule has 0 amide bonds. The van der Waals surface area contributed by atoms with Gasteiger partial charge in [-0.2, -0.15) is 0 Å². The molecule has 1 aliphatic rings. The Kier molecular flexibility index (Phi) is 5.28. The zero-order valence-corrected chi connectivity index (χ0v) is 13.4. The SMILES string of the molecule is CCC1CCCC(C(N)c2cc(OC)ccc2Br)C1. The molecule has 0 aromatic heterocycles. The highest BCUT2D eigenvalue weighted by Gasteiger charge is 2.27. The molecule has 1 fully saturated rings. The van der Waals surface area contributed by atoms with Crippen LogP contribution in [0.4, 0.5) is 0 Å². The summed E-state index contributed by atoms with van der Waals surface area (Å²) in [5, 5.41) is 0. The largest absolute Gasteiger partial charge is 0.497 e. The van der Waals surface area contributed by atoms with Crippen molar-refractivity contribution in [3.05, 3.63) is 28.2 Å². The van der Waals surface area contributed by atoms with Crippen LogP contribution >= 0.6 is 15.9 Å². The predicted molar refractivity (Wildman–Crippen MR) is 83.4 cm³/mol. The van der Waals surface area contributed by atoms with Gasteiger partial charge in [0.1, 0.15) is 5.75 Å². The van der Waals surface area contributed by atoms with E-state index in [1.807, 2.05) is 12.1 Å². The predicted octanol–water partition coefficient (Wildman–Crippen LogP) is 4.67. The van der Waals surface area contributed by atoms with Gasteiger partial charge in [0.25, 0.3) is 0 Å². The average molecular weight is 326 g/mol. The molecule has 0 heterocycles. The molecule has 3 heteroatoms. The van der Waals surface area contributed by atoms with Crippen LogP contribution < -0.4 is 10.5 Å². The van der Waals surface area contributed by atoms with E-state index in [-0.39, 0.29) is 6.04 Å². The molecule has 1 aromatic rings. The lowest BCUT2D eigenvalue weighted by atomic mass is 9.75. The van der Waals surface area contributed by atoms with Crippen LogP contribution in [0.5, 0.6) is 5.75 Å². The molecule has 1 aliphatic carbocycles. The zero-order valence-electron chi connectivity index (χ0n) is 11.9. The second-order valence-electron chi connectivity index (χ2n) is 5.61. The van der Waals surface area contributed by atoms with Gasteiger partial charge in [-0.3, -0.25) is 0 Å². The highest BCUT2D eigenvalue weighted by Crippen LogP contribution is 2.39. The summed E-state index contributed by atoms with van der Waals surface area (Å²) >= 11 is 3.62. The standard InChI is InChI=1S/C16H24BrNO/c1-3-11-5-4-6-12(9-11)16(18)14-10-13(19-2)7-8-15(14)17/h7-8,10-12,16H,3-6,9,18H2,1-2H3. The van der Waals surface area contributed by atoms with E-state index >= 15 is 0 Å². The lowest BCUT2D eigenvalue weighted by Gasteiger charge is -2.33. The molecule has 106 valence electrons. The van der Waals surface area contributed by atoms with Crippen LogP contribution in [0.15, 0.2) is 22.7 Å². The van der Waals surface area contributed by atoms with E-state index in [0.717, 1.165) is 16.1 Å². The van der Waals surface area contributed by atoms with Crippen LogP contribution in [0.25, 0.3) is 0 Å². The molecular weight excluding hydrogens is 302 g/mol. The van der Waals surface area contributed by atoms with E-state index in [2.05, 4.69) is 28.9 Å². The van der Waals surface area contributed by atoms with Crippen molar-refractivity contribution in [2.24, 2.45) is 17.6 Å². The maximum atomic E-state index is 6.53. The Morgan fingerprint density at radius 3 is 2.89 bits per heavy atom. The number of hydrogen-bond acceptors (Lipinski definition) is 2. The number of ether oxygens (including phenoxy) is 1. The maximum Gasteiger partial charge on any atom is 0.119 e. The van der Waals surface area contributed by atoms with Crippen LogP contribution in [-0.4, -0.2) is 7.11 Å². The lowest BCUT2D eigenvalue weighted by molar-refractivity contribution is 0.230. The number of halogens is 1. The number of rotatable bonds is 4. The van der Waals surface area contributed by atoms with Gasteiger partial charge in [-0.25, -0.2) is 0 Å². The number of nitrogens with two attached hydrogens (primary N) is 1. The van der Waals surface area contributed by atoms with Gasteiger partial charge in [-0.15, -0.1) is 0 Å². The second kappa shape index (κ2) is 6.76. The first-order valence-electron chi connectivity index (χ1n) is 7.24. The van der Waals surface area contributed by atoms with Crippen molar-refractivity contribution in [3.8, 4) is 5.75 Å². The van der Waals surface area contributed by atoms with Crippen molar-refractivity contribution in [1.29, 1.82) is 0 Å². The number of hydrogen-bond donors (Lipinski definition) is 1. The van der Waals surface area contributed by atoms with E-state index in [4.69, 9.17) is 10.5 Å². The van der Waals surface area contributed by atoms with Crippen molar-refractivity contribution in [2.45, 2.75) is 45.1 Å². The van der Waals surface area contributed by atoms with E-state index in [0.29, 0.717) is 5.92 Å². The third-order valence-corrected chi connectivity index (χ3v) is 5.19. The van der Waals surface area contributed by atoms with Crippen LogP contribution in [-0.2, 0) is 0 Å². The van der Waals surface area contributed by atoms with E-state index < -0.39 is 0 Å². The van der Waals surface area contributed by atoms with Gasteiger partial charge in [-0.1, -0.05) is 42.1 Å². The third kappa shape index (κ3) is 3.51. The van der Waals surface area contributed by atoms with Gasteiger partial charge in [0.2, 0.25) is 0 Å². The monoisotopic (exact) mass is 325 g/mol. The summed E-state index contributed by atoms with van der Waals surface area (Å²) in [4.78, 5) is 0. The summed E-state index contributed by atoms with van der Waals surface area (Å²) in [5.41, 5.74) is 7.71. The minimum absolute atomic E-state index is 0.110. The molecule has 1 aromatic carbocycles. The molecule has 2 nitrogen and oxygen atoms in total. The first kappa shape index (κ1) is 14.9. The van der Waals surface area contributed by atoms with Crippen molar-refractivity contribution < 1.29 is 4.74 Å².